The Bertz CT molecular complexity index is 1080. The van der Waals surface area contributed by atoms with Gasteiger partial charge in [0, 0.05) is 18.7 Å². The highest BCUT2D eigenvalue weighted by molar-refractivity contribution is 5.98. The average Bonchev–Trinajstić information content (AvgIpc) is 3.26. The van der Waals surface area contributed by atoms with Crippen molar-refractivity contribution >= 4 is 11.6 Å². The third-order valence-corrected chi connectivity index (χ3v) is 4.48. The van der Waals surface area contributed by atoms with Gasteiger partial charge in [0.1, 0.15) is 5.56 Å². The van der Waals surface area contributed by atoms with Gasteiger partial charge >= 0.3 is 5.69 Å². The number of aromatic nitrogens is 3. The lowest BCUT2D eigenvalue weighted by Crippen LogP contribution is -2.32. The molecule has 1 N–H and O–H groups in total. The third-order valence-electron chi connectivity index (χ3n) is 4.48. The smallest absolute Gasteiger partial charge is 0.346 e. The minimum Gasteiger partial charge on any atom is -0.461 e. The molecule has 0 atom stereocenters. The van der Waals surface area contributed by atoms with Crippen LogP contribution in [0.1, 0.15) is 29.2 Å². The molecule has 1 saturated carbocycles. The molecule has 2 heterocycles. The summed E-state index contributed by atoms with van der Waals surface area (Å²) < 4.78 is 8.26. The molecule has 1 aromatic carbocycles. The highest BCUT2D eigenvalue weighted by atomic mass is 16.6. The monoisotopic (exact) mass is 383 g/mol. The van der Waals surface area contributed by atoms with E-state index >= 15 is 0 Å². The Morgan fingerprint density at radius 3 is 2.75 bits per heavy atom. The van der Waals surface area contributed by atoms with E-state index in [0.717, 1.165) is 12.8 Å². The van der Waals surface area contributed by atoms with Crippen LogP contribution in [0.2, 0.25) is 0 Å². The van der Waals surface area contributed by atoms with Crippen LogP contribution in [0.4, 0.5) is 5.69 Å². The fraction of sp³-hybridized carbons (Fsp3) is 0.278. The second-order valence-corrected chi connectivity index (χ2v) is 6.44. The molecule has 28 heavy (non-hydrogen) atoms. The molecule has 0 spiro atoms. The molecule has 1 amide bonds. The predicted molar refractivity (Wildman–Crippen MR) is 97.9 cm³/mol. The molecule has 3 aromatic rings. The van der Waals surface area contributed by atoms with Crippen molar-refractivity contribution in [2.45, 2.75) is 25.4 Å². The molecule has 0 bridgehead atoms. The Kier molecular flexibility index (Phi) is 4.52. The van der Waals surface area contributed by atoms with E-state index in [-0.39, 0.29) is 36.1 Å². The van der Waals surface area contributed by atoms with Gasteiger partial charge in [-0.1, -0.05) is 12.1 Å². The van der Waals surface area contributed by atoms with E-state index < -0.39 is 10.8 Å². The maximum absolute atomic E-state index is 12.7. The van der Waals surface area contributed by atoms with Gasteiger partial charge in [-0.25, -0.2) is 9.48 Å². The lowest BCUT2D eigenvalue weighted by molar-refractivity contribution is -0.385. The lowest BCUT2D eigenvalue weighted by atomic mass is 10.1. The zero-order valence-corrected chi connectivity index (χ0v) is 14.8. The number of furan rings is 1. The number of nitrogens with zero attached hydrogens (tertiary/aromatic N) is 4. The SMILES string of the molecule is O=C(NCCn1nc(-c2ccco2)n(C2CC2)c1=O)c1ccccc1[N+](=O)[O-]. The summed E-state index contributed by atoms with van der Waals surface area (Å²) in [6, 6.07) is 9.28. The van der Waals surface area contributed by atoms with Gasteiger partial charge in [-0.3, -0.25) is 19.5 Å². The standard InChI is InChI=1S/C18H17N5O5/c24-17(13-4-1-2-5-14(13)23(26)27)19-9-10-21-18(25)22(12-7-8-12)16(20-21)15-6-3-11-28-15/h1-6,11-12H,7-10H2,(H,19,24). The first-order valence-electron chi connectivity index (χ1n) is 8.81. The van der Waals surface area contributed by atoms with Crippen molar-refractivity contribution in [2.24, 2.45) is 0 Å². The molecule has 144 valence electrons. The van der Waals surface area contributed by atoms with Gasteiger partial charge in [-0.2, -0.15) is 0 Å². The first kappa shape index (κ1) is 17.7. The van der Waals surface area contributed by atoms with Crippen LogP contribution in [0, 0.1) is 10.1 Å². The van der Waals surface area contributed by atoms with Gasteiger partial charge in [0.05, 0.1) is 17.7 Å². The maximum atomic E-state index is 12.7. The van der Waals surface area contributed by atoms with Crippen molar-refractivity contribution in [3.05, 3.63) is 68.8 Å². The van der Waals surface area contributed by atoms with Gasteiger partial charge in [0.25, 0.3) is 11.6 Å². The summed E-state index contributed by atoms with van der Waals surface area (Å²) in [6.07, 6.45) is 3.34. The molecule has 0 radical (unpaired) electrons. The van der Waals surface area contributed by atoms with Crippen LogP contribution in [-0.2, 0) is 6.54 Å². The first-order chi connectivity index (χ1) is 13.6. The molecule has 2 aromatic heterocycles. The fourth-order valence-electron chi connectivity index (χ4n) is 3.00. The largest absolute Gasteiger partial charge is 0.461 e. The third kappa shape index (κ3) is 3.31. The van der Waals surface area contributed by atoms with Crippen LogP contribution in [0.5, 0.6) is 0 Å². The Balaban J connectivity index is 1.49. The molecule has 1 fully saturated rings. The van der Waals surface area contributed by atoms with E-state index in [9.17, 15) is 19.7 Å². The van der Waals surface area contributed by atoms with Crippen LogP contribution in [0.25, 0.3) is 11.6 Å². The summed E-state index contributed by atoms with van der Waals surface area (Å²) >= 11 is 0. The summed E-state index contributed by atoms with van der Waals surface area (Å²) in [6.45, 7) is 0.239. The van der Waals surface area contributed by atoms with Crippen molar-refractivity contribution in [3.8, 4) is 11.6 Å². The van der Waals surface area contributed by atoms with E-state index in [1.165, 1.54) is 29.1 Å². The molecule has 1 aliphatic rings. The summed E-state index contributed by atoms with van der Waals surface area (Å²) in [5, 5.41) is 18.0. The summed E-state index contributed by atoms with van der Waals surface area (Å²) in [5.74, 6) is 0.391. The highest BCUT2D eigenvalue weighted by Crippen LogP contribution is 2.36. The van der Waals surface area contributed by atoms with E-state index in [1.807, 2.05) is 0 Å². The number of nitro benzene ring substituents is 1. The van der Waals surface area contributed by atoms with E-state index in [0.29, 0.717) is 11.6 Å². The zero-order valence-electron chi connectivity index (χ0n) is 14.8. The number of para-hydroxylation sites is 1. The molecule has 10 nitrogen and oxygen atoms in total. The molecule has 0 unspecified atom stereocenters. The number of hydrogen-bond acceptors (Lipinski definition) is 6. The number of amides is 1. The number of carbonyl (C=O) groups is 1. The number of nitro groups is 1. The quantitative estimate of drug-likeness (QED) is 0.491. The van der Waals surface area contributed by atoms with E-state index in [4.69, 9.17) is 4.42 Å². The van der Waals surface area contributed by atoms with Crippen LogP contribution < -0.4 is 11.0 Å². The Morgan fingerprint density at radius 2 is 2.07 bits per heavy atom. The van der Waals surface area contributed by atoms with Crippen molar-refractivity contribution in [1.29, 1.82) is 0 Å². The molecule has 4 rings (SSSR count). The number of hydrogen-bond donors (Lipinski definition) is 1. The Morgan fingerprint density at radius 1 is 1.29 bits per heavy atom. The maximum Gasteiger partial charge on any atom is 0.346 e. The number of carbonyl (C=O) groups excluding carboxylic acids is 1. The van der Waals surface area contributed by atoms with Gasteiger partial charge < -0.3 is 9.73 Å². The Hall–Kier alpha value is -3.69. The zero-order chi connectivity index (χ0) is 19.7. The molecular weight excluding hydrogens is 366 g/mol. The fourth-order valence-corrected chi connectivity index (χ4v) is 3.00. The summed E-state index contributed by atoms with van der Waals surface area (Å²) in [7, 11) is 0. The number of benzene rings is 1. The normalized spacial score (nSPS) is 13.4. The van der Waals surface area contributed by atoms with Crippen molar-refractivity contribution in [2.75, 3.05) is 6.54 Å². The minimum absolute atomic E-state index is 0.0281. The molecule has 0 saturated heterocycles. The second-order valence-electron chi connectivity index (χ2n) is 6.44. The molecule has 10 heteroatoms. The van der Waals surface area contributed by atoms with Gasteiger partial charge in [0.15, 0.2) is 5.76 Å². The van der Waals surface area contributed by atoms with Crippen LogP contribution in [0.3, 0.4) is 0 Å². The molecular formula is C18H17N5O5. The van der Waals surface area contributed by atoms with E-state index in [1.54, 1.807) is 22.8 Å². The second kappa shape index (κ2) is 7.14. The highest BCUT2D eigenvalue weighted by Gasteiger charge is 2.31. The van der Waals surface area contributed by atoms with Crippen LogP contribution in [-0.4, -0.2) is 31.7 Å². The van der Waals surface area contributed by atoms with Crippen molar-refractivity contribution in [3.63, 3.8) is 0 Å². The minimum atomic E-state index is -0.605. The van der Waals surface area contributed by atoms with Crippen LogP contribution in [0.15, 0.2) is 51.9 Å². The van der Waals surface area contributed by atoms with Gasteiger partial charge in [-0.05, 0) is 31.0 Å². The summed E-state index contributed by atoms with van der Waals surface area (Å²) in [5.41, 5.74) is -0.566. The number of rotatable bonds is 7. The molecule has 0 aliphatic heterocycles. The van der Waals surface area contributed by atoms with Gasteiger partial charge in [-0.15, -0.1) is 5.10 Å². The lowest BCUT2D eigenvalue weighted by Gasteiger charge is -2.05. The average molecular weight is 383 g/mol. The first-order valence-corrected chi connectivity index (χ1v) is 8.81. The topological polar surface area (TPSA) is 125 Å². The Labute approximate surface area is 158 Å². The molecule has 1 aliphatic carbocycles. The van der Waals surface area contributed by atoms with Crippen LogP contribution >= 0.6 is 0 Å². The van der Waals surface area contributed by atoms with Gasteiger partial charge in [0.2, 0.25) is 5.82 Å². The van der Waals surface area contributed by atoms with E-state index in [2.05, 4.69) is 10.4 Å². The number of nitrogens with one attached hydrogen (secondary N) is 1. The van der Waals surface area contributed by atoms with Crippen molar-refractivity contribution < 1.29 is 14.1 Å². The van der Waals surface area contributed by atoms with Crippen molar-refractivity contribution in [1.82, 2.24) is 19.7 Å². The summed E-state index contributed by atoms with van der Waals surface area (Å²) in [4.78, 5) is 35.4. The predicted octanol–water partition coefficient (Wildman–Crippen LogP) is 1.98.